The highest BCUT2D eigenvalue weighted by atomic mass is 79.9. The Morgan fingerprint density at radius 2 is 2.20 bits per heavy atom. The molecule has 0 spiro atoms. The number of rotatable bonds is 2. The molecule has 0 aromatic carbocycles. The van der Waals surface area contributed by atoms with E-state index in [0.29, 0.717) is 0 Å². The third-order valence-electron chi connectivity index (χ3n) is 2.14. The molecule has 82 valence electrons. The quantitative estimate of drug-likeness (QED) is 0.877. The first-order chi connectivity index (χ1) is 7.25. The van der Waals surface area contributed by atoms with Gasteiger partial charge < -0.3 is 10.2 Å². The van der Waals surface area contributed by atoms with Crippen LogP contribution in [0.4, 0.5) is 5.82 Å². The van der Waals surface area contributed by atoms with Crippen molar-refractivity contribution in [2.75, 3.05) is 31.7 Å². The molecule has 0 unspecified atom stereocenters. The molecule has 1 saturated heterocycles. The van der Waals surface area contributed by atoms with Crippen molar-refractivity contribution in [1.82, 2.24) is 15.0 Å². The van der Waals surface area contributed by atoms with Crippen LogP contribution in [0.25, 0.3) is 0 Å². The molecule has 15 heavy (non-hydrogen) atoms. The molecule has 1 N–H and O–H groups in total. The van der Waals surface area contributed by atoms with Crippen molar-refractivity contribution in [3.63, 3.8) is 0 Å². The number of hydrogen-bond donors (Lipinski definition) is 1. The Balaban J connectivity index is 2.05. The van der Waals surface area contributed by atoms with Crippen LogP contribution in [-0.2, 0) is 4.74 Å². The van der Waals surface area contributed by atoms with Crippen molar-refractivity contribution >= 4 is 21.7 Å². The number of anilines is 1. The Hall–Kier alpha value is -0.720. The predicted octanol–water partition coefficient (Wildman–Crippen LogP) is 1.21. The summed E-state index contributed by atoms with van der Waals surface area (Å²) in [5.74, 6) is 1.57. The van der Waals surface area contributed by atoms with E-state index in [1.54, 1.807) is 6.20 Å². The second-order valence-electron chi connectivity index (χ2n) is 3.32. The van der Waals surface area contributed by atoms with Gasteiger partial charge >= 0.3 is 0 Å². The standard InChI is InChI=1S/C9H13BrN4O/c1-7-11-6-8(10)9(12-7)13-14-2-4-15-5-3-14/h6H,2-5H2,1H3,(H,11,12,13). The molecule has 0 aliphatic carbocycles. The van der Waals surface area contributed by atoms with E-state index in [1.165, 1.54) is 0 Å². The minimum Gasteiger partial charge on any atom is -0.379 e. The zero-order valence-corrected chi connectivity index (χ0v) is 10.1. The number of ether oxygens (including phenoxy) is 1. The van der Waals surface area contributed by atoms with Crippen LogP contribution in [-0.4, -0.2) is 41.3 Å². The van der Waals surface area contributed by atoms with Crippen LogP contribution >= 0.6 is 15.9 Å². The summed E-state index contributed by atoms with van der Waals surface area (Å²) in [6.45, 7) is 5.13. The highest BCUT2D eigenvalue weighted by Gasteiger charge is 2.12. The summed E-state index contributed by atoms with van der Waals surface area (Å²) in [5.41, 5.74) is 3.25. The number of nitrogens with one attached hydrogen (secondary N) is 1. The summed E-state index contributed by atoms with van der Waals surface area (Å²) in [7, 11) is 0. The SMILES string of the molecule is Cc1ncc(Br)c(NN2CCOCC2)n1. The first-order valence-corrected chi connectivity index (χ1v) is 5.63. The van der Waals surface area contributed by atoms with Gasteiger partial charge in [0.2, 0.25) is 0 Å². The highest BCUT2D eigenvalue weighted by Crippen LogP contribution is 2.19. The third-order valence-corrected chi connectivity index (χ3v) is 2.72. The molecule has 0 radical (unpaired) electrons. The fraction of sp³-hybridized carbons (Fsp3) is 0.556. The lowest BCUT2D eigenvalue weighted by molar-refractivity contribution is 0.0494. The van der Waals surface area contributed by atoms with Crippen molar-refractivity contribution in [2.45, 2.75) is 6.92 Å². The van der Waals surface area contributed by atoms with Crippen molar-refractivity contribution in [1.29, 1.82) is 0 Å². The molecule has 1 fully saturated rings. The molecule has 1 aliphatic heterocycles. The molecule has 1 aliphatic rings. The Morgan fingerprint density at radius 3 is 2.93 bits per heavy atom. The van der Waals surface area contributed by atoms with Gasteiger partial charge in [0.15, 0.2) is 5.82 Å². The molecule has 1 aromatic heterocycles. The van der Waals surface area contributed by atoms with Crippen molar-refractivity contribution in [3.8, 4) is 0 Å². The van der Waals surface area contributed by atoms with E-state index in [9.17, 15) is 0 Å². The summed E-state index contributed by atoms with van der Waals surface area (Å²) < 4.78 is 6.14. The molecule has 0 amide bonds. The summed E-state index contributed by atoms with van der Waals surface area (Å²) in [4.78, 5) is 8.41. The van der Waals surface area contributed by atoms with Crippen LogP contribution in [0.3, 0.4) is 0 Å². The topological polar surface area (TPSA) is 50.3 Å². The predicted molar refractivity (Wildman–Crippen MR) is 60.5 cm³/mol. The fourth-order valence-corrected chi connectivity index (χ4v) is 1.64. The van der Waals surface area contributed by atoms with Gasteiger partial charge in [0.25, 0.3) is 0 Å². The third kappa shape index (κ3) is 2.87. The molecule has 1 aromatic rings. The maximum atomic E-state index is 5.27. The second-order valence-corrected chi connectivity index (χ2v) is 4.18. The largest absolute Gasteiger partial charge is 0.379 e. The van der Waals surface area contributed by atoms with Crippen LogP contribution in [0.15, 0.2) is 10.7 Å². The molecular formula is C9H13BrN4O. The Labute approximate surface area is 97.0 Å². The van der Waals surface area contributed by atoms with Gasteiger partial charge in [-0.25, -0.2) is 15.0 Å². The van der Waals surface area contributed by atoms with Crippen LogP contribution < -0.4 is 5.43 Å². The van der Waals surface area contributed by atoms with Gasteiger partial charge in [-0.15, -0.1) is 0 Å². The lowest BCUT2D eigenvalue weighted by atomic mass is 10.5. The zero-order chi connectivity index (χ0) is 10.7. The minimum atomic E-state index is 0.758. The normalized spacial score (nSPS) is 17.7. The summed E-state index contributed by atoms with van der Waals surface area (Å²) in [5, 5.41) is 2.09. The van der Waals surface area contributed by atoms with E-state index in [4.69, 9.17) is 4.74 Å². The van der Waals surface area contributed by atoms with Gasteiger partial charge in [-0.05, 0) is 22.9 Å². The lowest BCUT2D eigenvalue weighted by Crippen LogP contribution is -2.40. The molecule has 0 atom stereocenters. The maximum absolute atomic E-state index is 5.27. The molecule has 6 heteroatoms. The Bertz CT molecular complexity index is 341. The van der Waals surface area contributed by atoms with Gasteiger partial charge in [0.1, 0.15) is 5.82 Å². The number of hydrogen-bond acceptors (Lipinski definition) is 5. The lowest BCUT2D eigenvalue weighted by Gasteiger charge is -2.27. The molecule has 0 bridgehead atoms. The first-order valence-electron chi connectivity index (χ1n) is 4.84. The van der Waals surface area contributed by atoms with Crippen molar-refractivity contribution in [3.05, 3.63) is 16.5 Å². The molecule has 2 heterocycles. The first kappa shape index (κ1) is 10.8. The molecular weight excluding hydrogens is 260 g/mol. The van der Waals surface area contributed by atoms with Crippen LogP contribution in [0.5, 0.6) is 0 Å². The van der Waals surface area contributed by atoms with Gasteiger partial charge in [0.05, 0.1) is 17.7 Å². The molecule has 5 nitrogen and oxygen atoms in total. The summed E-state index contributed by atoms with van der Waals surface area (Å²) in [6.07, 6.45) is 1.76. The van der Waals surface area contributed by atoms with Gasteiger partial charge in [-0.3, -0.25) is 0 Å². The number of morpholine rings is 1. The number of hydrazine groups is 1. The molecule has 2 rings (SSSR count). The minimum absolute atomic E-state index is 0.758. The number of aryl methyl sites for hydroxylation is 1. The average molecular weight is 273 g/mol. The molecule has 0 saturated carbocycles. The van der Waals surface area contributed by atoms with E-state index < -0.39 is 0 Å². The highest BCUT2D eigenvalue weighted by molar-refractivity contribution is 9.10. The van der Waals surface area contributed by atoms with E-state index in [0.717, 1.165) is 42.4 Å². The van der Waals surface area contributed by atoms with E-state index in [2.05, 4.69) is 36.3 Å². The van der Waals surface area contributed by atoms with E-state index in [-0.39, 0.29) is 0 Å². The van der Waals surface area contributed by atoms with Gasteiger partial charge in [-0.1, -0.05) is 0 Å². The fourth-order valence-electron chi connectivity index (χ4n) is 1.36. The smallest absolute Gasteiger partial charge is 0.158 e. The van der Waals surface area contributed by atoms with Crippen molar-refractivity contribution in [2.24, 2.45) is 0 Å². The second kappa shape index (κ2) is 4.87. The maximum Gasteiger partial charge on any atom is 0.158 e. The van der Waals surface area contributed by atoms with E-state index >= 15 is 0 Å². The van der Waals surface area contributed by atoms with E-state index in [1.807, 2.05) is 6.92 Å². The van der Waals surface area contributed by atoms with Crippen LogP contribution in [0.2, 0.25) is 0 Å². The summed E-state index contributed by atoms with van der Waals surface area (Å²) >= 11 is 3.41. The number of nitrogens with zero attached hydrogens (tertiary/aromatic N) is 3. The Kier molecular flexibility index (Phi) is 3.50. The van der Waals surface area contributed by atoms with Crippen molar-refractivity contribution < 1.29 is 4.74 Å². The number of aromatic nitrogens is 2. The van der Waals surface area contributed by atoms with Crippen LogP contribution in [0.1, 0.15) is 5.82 Å². The van der Waals surface area contributed by atoms with Gasteiger partial charge in [0, 0.05) is 19.3 Å². The van der Waals surface area contributed by atoms with Gasteiger partial charge in [-0.2, -0.15) is 0 Å². The average Bonchev–Trinajstić information content (AvgIpc) is 2.25. The summed E-state index contributed by atoms with van der Waals surface area (Å²) in [6, 6.07) is 0. The number of halogens is 1. The zero-order valence-electron chi connectivity index (χ0n) is 8.53. The monoisotopic (exact) mass is 272 g/mol. The Morgan fingerprint density at radius 1 is 1.47 bits per heavy atom. The van der Waals surface area contributed by atoms with Crippen LogP contribution in [0, 0.1) is 6.92 Å².